The van der Waals surface area contributed by atoms with Crippen molar-refractivity contribution >= 4 is 5.97 Å². The van der Waals surface area contributed by atoms with E-state index in [1.54, 1.807) is 0 Å². The average molecular weight is 205 g/mol. The lowest BCUT2D eigenvalue weighted by Gasteiger charge is -2.14. The molecule has 0 aliphatic carbocycles. The topological polar surface area (TPSA) is 49.3 Å². The van der Waals surface area contributed by atoms with Crippen molar-refractivity contribution in [2.24, 2.45) is 5.92 Å². The molecule has 0 radical (unpaired) electrons. The third-order valence-electron chi connectivity index (χ3n) is 3.04. The highest BCUT2D eigenvalue weighted by Gasteiger charge is 2.33. The fraction of sp³-hybridized carbons (Fsp3) is 0.417. The van der Waals surface area contributed by atoms with Gasteiger partial charge in [-0.05, 0) is 12.5 Å². The van der Waals surface area contributed by atoms with Gasteiger partial charge in [-0.2, -0.15) is 0 Å². The molecule has 1 heterocycles. The number of benzene rings is 1. The monoisotopic (exact) mass is 205 g/mol. The zero-order valence-electron chi connectivity index (χ0n) is 8.73. The maximum atomic E-state index is 11.0. The van der Waals surface area contributed by atoms with Crippen LogP contribution in [0.3, 0.4) is 0 Å². The molecule has 1 aromatic rings. The Kier molecular flexibility index (Phi) is 2.73. The highest BCUT2D eigenvalue weighted by atomic mass is 16.4. The van der Waals surface area contributed by atoms with Crippen LogP contribution in [0.25, 0.3) is 0 Å². The summed E-state index contributed by atoms with van der Waals surface area (Å²) in [5.41, 5.74) is 2.33. The summed E-state index contributed by atoms with van der Waals surface area (Å²) in [7, 11) is 0. The van der Waals surface area contributed by atoms with Gasteiger partial charge in [0.15, 0.2) is 0 Å². The van der Waals surface area contributed by atoms with Crippen LogP contribution in [0.15, 0.2) is 24.3 Å². The van der Waals surface area contributed by atoms with Crippen LogP contribution >= 0.6 is 0 Å². The molecule has 1 aliphatic rings. The smallest absolute Gasteiger partial charge is 0.308 e. The molecule has 0 spiro atoms. The zero-order chi connectivity index (χ0) is 10.8. The van der Waals surface area contributed by atoms with Gasteiger partial charge in [-0.15, -0.1) is 0 Å². The van der Waals surface area contributed by atoms with Crippen molar-refractivity contribution in [3.63, 3.8) is 0 Å². The SMILES string of the molecule is Cc1ccc([C@H]2CNC[C@@H]2C(=O)O)cc1. The molecule has 0 bridgehead atoms. The minimum atomic E-state index is -0.703. The van der Waals surface area contributed by atoms with Crippen LogP contribution in [0, 0.1) is 12.8 Å². The molecule has 1 aromatic carbocycles. The van der Waals surface area contributed by atoms with E-state index in [9.17, 15) is 4.79 Å². The predicted molar refractivity (Wildman–Crippen MR) is 57.9 cm³/mol. The molecule has 2 atom stereocenters. The van der Waals surface area contributed by atoms with Gasteiger partial charge in [0.05, 0.1) is 5.92 Å². The Morgan fingerprint density at radius 2 is 2.00 bits per heavy atom. The minimum Gasteiger partial charge on any atom is -0.481 e. The van der Waals surface area contributed by atoms with E-state index in [4.69, 9.17) is 5.11 Å². The Bertz CT molecular complexity index is 358. The number of nitrogens with one attached hydrogen (secondary N) is 1. The fourth-order valence-corrected chi connectivity index (χ4v) is 2.10. The predicted octanol–water partition coefficient (Wildman–Crippen LogP) is 1.38. The third-order valence-corrected chi connectivity index (χ3v) is 3.04. The van der Waals surface area contributed by atoms with E-state index in [1.165, 1.54) is 5.56 Å². The number of carbonyl (C=O) groups is 1. The summed E-state index contributed by atoms with van der Waals surface area (Å²) in [6, 6.07) is 8.13. The molecular weight excluding hydrogens is 190 g/mol. The number of carboxylic acid groups (broad SMARTS) is 1. The van der Waals surface area contributed by atoms with Crippen LogP contribution in [0.2, 0.25) is 0 Å². The van der Waals surface area contributed by atoms with Crippen molar-refractivity contribution < 1.29 is 9.90 Å². The molecular formula is C12H15NO2. The number of carboxylic acids is 1. The van der Waals surface area contributed by atoms with Crippen molar-refractivity contribution in [2.45, 2.75) is 12.8 Å². The summed E-state index contributed by atoms with van der Waals surface area (Å²) in [5, 5.41) is 12.2. The molecule has 0 unspecified atom stereocenters. The summed E-state index contributed by atoms with van der Waals surface area (Å²) in [5.74, 6) is -0.874. The highest BCUT2D eigenvalue weighted by molar-refractivity contribution is 5.72. The second kappa shape index (κ2) is 4.03. The maximum absolute atomic E-state index is 11.0. The van der Waals surface area contributed by atoms with E-state index in [-0.39, 0.29) is 11.8 Å². The van der Waals surface area contributed by atoms with Crippen molar-refractivity contribution in [2.75, 3.05) is 13.1 Å². The summed E-state index contributed by atoms with van der Waals surface area (Å²) in [6.45, 7) is 3.37. The van der Waals surface area contributed by atoms with Crippen LogP contribution in [-0.4, -0.2) is 24.2 Å². The van der Waals surface area contributed by atoms with Crippen LogP contribution in [-0.2, 0) is 4.79 Å². The van der Waals surface area contributed by atoms with Crippen molar-refractivity contribution in [1.29, 1.82) is 0 Å². The minimum absolute atomic E-state index is 0.114. The van der Waals surface area contributed by atoms with Gasteiger partial charge in [0.1, 0.15) is 0 Å². The van der Waals surface area contributed by atoms with Gasteiger partial charge in [-0.1, -0.05) is 29.8 Å². The molecule has 80 valence electrons. The lowest BCUT2D eigenvalue weighted by molar-refractivity contribution is -0.141. The Morgan fingerprint density at radius 3 is 2.60 bits per heavy atom. The van der Waals surface area contributed by atoms with Crippen LogP contribution in [0.5, 0.6) is 0 Å². The standard InChI is InChI=1S/C12H15NO2/c1-8-2-4-9(5-3-8)10-6-13-7-11(10)12(14)15/h2-5,10-11,13H,6-7H2,1H3,(H,14,15)/t10-,11+/m1/s1. The quantitative estimate of drug-likeness (QED) is 0.767. The normalized spacial score (nSPS) is 25.4. The Labute approximate surface area is 89.1 Å². The molecule has 15 heavy (non-hydrogen) atoms. The number of aliphatic carboxylic acids is 1. The highest BCUT2D eigenvalue weighted by Crippen LogP contribution is 2.28. The van der Waals surface area contributed by atoms with Crippen molar-refractivity contribution in [3.05, 3.63) is 35.4 Å². The molecule has 0 saturated carbocycles. The average Bonchev–Trinajstić information content (AvgIpc) is 2.67. The Morgan fingerprint density at radius 1 is 1.33 bits per heavy atom. The molecule has 2 rings (SSSR count). The van der Waals surface area contributed by atoms with Gasteiger partial charge in [-0.25, -0.2) is 0 Å². The van der Waals surface area contributed by atoms with Crippen LogP contribution in [0.1, 0.15) is 17.0 Å². The van der Waals surface area contributed by atoms with Gasteiger partial charge in [0, 0.05) is 19.0 Å². The van der Waals surface area contributed by atoms with Crippen LogP contribution in [0.4, 0.5) is 0 Å². The largest absolute Gasteiger partial charge is 0.481 e. The number of rotatable bonds is 2. The second-order valence-corrected chi connectivity index (χ2v) is 4.12. The van der Waals surface area contributed by atoms with Gasteiger partial charge in [-0.3, -0.25) is 4.79 Å². The van der Waals surface area contributed by atoms with E-state index in [1.807, 2.05) is 31.2 Å². The molecule has 2 N–H and O–H groups in total. The summed E-state index contributed by atoms with van der Waals surface area (Å²) >= 11 is 0. The fourth-order valence-electron chi connectivity index (χ4n) is 2.10. The molecule has 1 aliphatic heterocycles. The van der Waals surface area contributed by atoms with E-state index in [2.05, 4.69) is 5.32 Å². The first-order valence-electron chi connectivity index (χ1n) is 5.18. The molecule has 1 saturated heterocycles. The molecule has 3 nitrogen and oxygen atoms in total. The molecule has 3 heteroatoms. The first kappa shape index (κ1) is 10.2. The Hall–Kier alpha value is -1.35. The molecule has 0 amide bonds. The van der Waals surface area contributed by atoms with Crippen molar-refractivity contribution in [1.82, 2.24) is 5.32 Å². The first-order valence-corrected chi connectivity index (χ1v) is 5.18. The van der Waals surface area contributed by atoms with Crippen LogP contribution < -0.4 is 5.32 Å². The molecule has 0 aromatic heterocycles. The lowest BCUT2D eigenvalue weighted by atomic mass is 9.89. The van der Waals surface area contributed by atoms with Gasteiger partial charge in [0.25, 0.3) is 0 Å². The summed E-state index contributed by atoms with van der Waals surface area (Å²) in [4.78, 5) is 11.0. The maximum Gasteiger partial charge on any atom is 0.308 e. The van der Waals surface area contributed by atoms with Gasteiger partial charge in [0.2, 0.25) is 0 Å². The first-order chi connectivity index (χ1) is 7.18. The summed E-state index contributed by atoms with van der Waals surface area (Å²) in [6.07, 6.45) is 0. The third kappa shape index (κ3) is 2.02. The number of hydrogen-bond acceptors (Lipinski definition) is 2. The van der Waals surface area contributed by atoms with E-state index >= 15 is 0 Å². The Balaban J connectivity index is 2.22. The van der Waals surface area contributed by atoms with Crippen molar-refractivity contribution in [3.8, 4) is 0 Å². The summed E-state index contributed by atoms with van der Waals surface area (Å²) < 4.78 is 0. The second-order valence-electron chi connectivity index (χ2n) is 4.12. The van der Waals surface area contributed by atoms with E-state index < -0.39 is 5.97 Å². The number of hydrogen-bond donors (Lipinski definition) is 2. The van der Waals surface area contributed by atoms with Gasteiger partial charge < -0.3 is 10.4 Å². The zero-order valence-corrected chi connectivity index (χ0v) is 8.73. The molecule has 1 fully saturated rings. The lowest BCUT2D eigenvalue weighted by Crippen LogP contribution is -2.20. The number of aryl methyl sites for hydroxylation is 1. The van der Waals surface area contributed by atoms with Gasteiger partial charge >= 0.3 is 5.97 Å². The van der Waals surface area contributed by atoms with E-state index in [0.29, 0.717) is 6.54 Å². The van der Waals surface area contributed by atoms with E-state index in [0.717, 1.165) is 12.1 Å².